The number of carbonyl (C=O) groups excluding carboxylic acids is 1. The van der Waals surface area contributed by atoms with Gasteiger partial charge in [0.05, 0.1) is 0 Å². The number of hydrogen-bond acceptors (Lipinski definition) is 5. The Kier molecular flexibility index (Phi) is 7.53. The van der Waals surface area contributed by atoms with Crippen molar-refractivity contribution in [3.63, 3.8) is 0 Å². The van der Waals surface area contributed by atoms with Gasteiger partial charge < -0.3 is 24.3 Å². The fraction of sp³-hybridized carbons (Fsp3) is 0.875. The van der Waals surface area contributed by atoms with Gasteiger partial charge in [0.2, 0.25) is 5.91 Å². The Hall–Kier alpha value is -0.473. The fourth-order valence-corrected chi connectivity index (χ4v) is 2.77. The van der Waals surface area contributed by atoms with E-state index in [4.69, 9.17) is 19.0 Å². The van der Waals surface area contributed by atoms with Gasteiger partial charge in [0.25, 0.3) is 0 Å². The molecular weight excluding hydrogens is 216 g/mol. The van der Waals surface area contributed by atoms with Crippen molar-refractivity contribution in [2.24, 2.45) is 5.73 Å². The molecule has 7 heteroatoms. The summed E-state index contributed by atoms with van der Waals surface area (Å²) in [5, 5.41) is 2.67. The summed E-state index contributed by atoms with van der Waals surface area (Å²) in [6, 6.07) is 0.465. The molecule has 6 nitrogen and oxygen atoms in total. The molecule has 0 bridgehead atoms. The van der Waals surface area contributed by atoms with Crippen LogP contribution in [0.1, 0.15) is 6.42 Å². The first-order valence-corrected chi connectivity index (χ1v) is 6.69. The van der Waals surface area contributed by atoms with Gasteiger partial charge in [-0.2, -0.15) is 0 Å². The van der Waals surface area contributed by atoms with Gasteiger partial charge in [-0.3, -0.25) is 4.79 Å². The molecule has 0 aromatic heterocycles. The minimum atomic E-state index is -2.61. The molecule has 90 valence electrons. The molecular formula is C8H20N2O4Si. The molecule has 0 rings (SSSR count). The first-order valence-electron chi connectivity index (χ1n) is 4.76. The van der Waals surface area contributed by atoms with Gasteiger partial charge in [-0.1, -0.05) is 0 Å². The van der Waals surface area contributed by atoms with Crippen LogP contribution in [0, 0.1) is 0 Å². The van der Waals surface area contributed by atoms with Crippen molar-refractivity contribution in [3.05, 3.63) is 0 Å². The Morgan fingerprint density at radius 1 is 1.27 bits per heavy atom. The van der Waals surface area contributed by atoms with Crippen LogP contribution >= 0.6 is 0 Å². The van der Waals surface area contributed by atoms with Gasteiger partial charge in [0.15, 0.2) is 0 Å². The summed E-state index contributed by atoms with van der Waals surface area (Å²) in [6.07, 6.45) is 0.321. The van der Waals surface area contributed by atoms with Crippen LogP contribution in [0.3, 0.4) is 0 Å². The number of nitrogens with one attached hydrogen (secondary N) is 1. The SMILES string of the molecule is CO[Si](CCC(=O)NCCN)(OC)OC. The number of amides is 1. The van der Waals surface area contributed by atoms with E-state index in [1.54, 1.807) is 0 Å². The lowest BCUT2D eigenvalue weighted by Crippen LogP contribution is -2.44. The van der Waals surface area contributed by atoms with Crippen molar-refractivity contribution >= 4 is 14.7 Å². The Labute approximate surface area is 91.4 Å². The number of carbonyl (C=O) groups is 1. The molecule has 0 aliphatic carbocycles. The average molecular weight is 236 g/mol. The molecule has 0 heterocycles. The zero-order chi connectivity index (χ0) is 11.7. The number of rotatable bonds is 8. The number of nitrogens with two attached hydrogens (primary N) is 1. The van der Waals surface area contributed by atoms with Crippen LogP contribution in [0.2, 0.25) is 6.04 Å². The predicted octanol–water partition coefficient (Wildman–Crippen LogP) is -0.670. The van der Waals surface area contributed by atoms with E-state index in [1.807, 2.05) is 0 Å². The van der Waals surface area contributed by atoms with Gasteiger partial charge in [-0.15, -0.1) is 0 Å². The van der Waals surface area contributed by atoms with E-state index in [9.17, 15) is 4.79 Å². The minimum absolute atomic E-state index is 0.0662. The van der Waals surface area contributed by atoms with E-state index in [1.165, 1.54) is 21.3 Å². The zero-order valence-corrected chi connectivity index (χ0v) is 10.5. The van der Waals surface area contributed by atoms with Crippen LogP contribution in [0.15, 0.2) is 0 Å². The predicted molar refractivity (Wildman–Crippen MR) is 58.3 cm³/mol. The smallest absolute Gasteiger partial charge is 0.377 e. The van der Waals surface area contributed by atoms with Crippen LogP contribution < -0.4 is 11.1 Å². The summed E-state index contributed by atoms with van der Waals surface area (Å²) in [4.78, 5) is 11.3. The van der Waals surface area contributed by atoms with Crippen LogP contribution in [-0.2, 0) is 18.1 Å². The highest BCUT2D eigenvalue weighted by molar-refractivity contribution is 6.60. The first-order chi connectivity index (χ1) is 7.14. The third-order valence-electron chi connectivity index (χ3n) is 2.06. The molecule has 0 aromatic rings. The molecule has 0 radical (unpaired) electrons. The van der Waals surface area contributed by atoms with E-state index < -0.39 is 8.80 Å². The maximum absolute atomic E-state index is 11.3. The molecule has 15 heavy (non-hydrogen) atoms. The van der Waals surface area contributed by atoms with Crippen molar-refractivity contribution in [1.82, 2.24) is 5.32 Å². The fourth-order valence-electron chi connectivity index (χ4n) is 1.12. The zero-order valence-electron chi connectivity index (χ0n) is 9.54. The topological polar surface area (TPSA) is 82.8 Å². The maximum Gasteiger partial charge on any atom is 0.500 e. The largest absolute Gasteiger partial charge is 0.500 e. The second kappa shape index (κ2) is 7.77. The Morgan fingerprint density at radius 2 is 1.80 bits per heavy atom. The molecule has 0 aromatic carbocycles. The Balaban J connectivity index is 3.93. The third-order valence-corrected chi connectivity index (χ3v) is 4.79. The first kappa shape index (κ1) is 14.5. The standard InChI is InChI=1S/C8H20N2O4Si/c1-12-15(13-2,14-3)7-4-8(11)10-6-5-9/h4-7,9H2,1-3H3,(H,10,11). The molecule has 1 amide bonds. The van der Waals surface area contributed by atoms with E-state index in [-0.39, 0.29) is 5.91 Å². The lowest BCUT2D eigenvalue weighted by atomic mass is 10.4. The monoisotopic (exact) mass is 236 g/mol. The van der Waals surface area contributed by atoms with Gasteiger partial charge >= 0.3 is 8.80 Å². The van der Waals surface area contributed by atoms with Crippen molar-refractivity contribution in [2.75, 3.05) is 34.4 Å². The molecule has 0 spiro atoms. The summed E-state index contributed by atoms with van der Waals surface area (Å²) >= 11 is 0. The van der Waals surface area contributed by atoms with Gasteiger partial charge in [0.1, 0.15) is 0 Å². The van der Waals surface area contributed by atoms with Gasteiger partial charge in [-0.25, -0.2) is 0 Å². The van der Waals surface area contributed by atoms with E-state index in [2.05, 4.69) is 5.32 Å². The lowest BCUT2D eigenvalue weighted by molar-refractivity contribution is -0.120. The second-order valence-electron chi connectivity index (χ2n) is 2.93. The van der Waals surface area contributed by atoms with Gasteiger partial charge in [-0.05, 0) is 0 Å². The molecule has 0 aliphatic rings. The highest BCUT2D eigenvalue weighted by atomic mass is 28.4. The lowest BCUT2D eigenvalue weighted by Gasteiger charge is -2.23. The van der Waals surface area contributed by atoms with E-state index >= 15 is 0 Å². The molecule has 0 saturated carbocycles. The minimum Gasteiger partial charge on any atom is -0.377 e. The van der Waals surface area contributed by atoms with Crippen molar-refractivity contribution in [3.8, 4) is 0 Å². The molecule has 3 N–H and O–H groups in total. The number of hydrogen-bond donors (Lipinski definition) is 2. The average Bonchev–Trinajstić information content (AvgIpc) is 2.29. The summed E-state index contributed by atoms with van der Waals surface area (Å²) in [6.45, 7) is 0.924. The normalized spacial score (nSPS) is 11.5. The highest BCUT2D eigenvalue weighted by Crippen LogP contribution is 2.14. The molecule has 0 unspecified atom stereocenters. The van der Waals surface area contributed by atoms with Crippen LogP contribution in [0.4, 0.5) is 0 Å². The summed E-state index contributed by atoms with van der Waals surface area (Å²) in [5.74, 6) is -0.0662. The van der Waals surface area contributed by atoms with Gasteiger partial charge in [0, 0.05) is 46.9 Å². The van der Waals surface area contributed by atoms with Crippen molar-refractivity contribution in [1.29, 1.82) is 0 Å². The Morgan fingerprint density at radius 3 is 2.20 bits per heavy atom. The summed E-state index contributed by atoms with van der Waals surface area (Å²) < 4.78 is 15.5. The van der Waals surface area contributed by atoms with E-state index in [0.717, 1.165) is 0 Å². The second-order valence-corrected chi connectivity index (χ2v) is 6.02. The van der Waals surface area contributed by atoms with Crippen LogP contribution in [0.25, 0.3) is 0 Å². The highest BCUT2D eigenvalue weighted by Gasteiger charge is 2.37. The van der Waals surface area contributed by atoms with Crippen molar-refractivity contribution < 1.29 is 18.1 Å². The van der Waals surface area contributed by atoms with Crippen LogP contribution in [-0.4, -0.2) is 49.1 Å². The maximum atomic E-state index is 11.3. The molecule has 0 atom stereocenters. The van der Waals surface area contributed by atoms with Crippen molar-refractivity contribution in [2.45, 2.75) is 12.5 Å². The molecule has 0 aliphatic heterocycles. The molecule has 0 saturated heterocycles. The quantitative estimate of drug-likeness (QED) is 0.546. The summed E-state index contributed by atoms with van der Waals surface area (Å²) in [7, 11) is 1.96. The summed E-state index contributed by atoms with van der Waals surface area (Å²) in [5.41, 5.74) is 5.26. The Bertz CT molecular complexity index is 179. The third kappa shape index (κ3) is 5.24. The molecule has 0 fully saturated rings. The van der Waals surface area contributed by atoms with Crippen LogP contribution in [0.5, 0.6) is 0 Å². The van der Waals surface area contributed by atoms with E-state index in [0.29, 0.717) is 25.6 Å².